The highest BCUT2D eigenvalue weighted by Gasteiger charge is 2.00. The molecule has 0 heterocycles. The normalized spacial score (nSPS) is 11.5. The van der Waals surface area contributed by atoms with E-state index in [1.165, 1.54) is 6.08 Å². The molecule has 0 aromatic heterocycles. The van der Waals surface area contributed by atoms with Crippen molar-refractivity contribution in [3.63, 3.8) is 0 Å². The van der Waals surface area contributed by atoms with Crippen molar-refractivity contribution in [1.82, 2.24) is 0 Å². The quantitative estimate of drug-likeness (QED) is 0.285. The van der Waals surface area contributed by atoms with Crippen molar-refractivity contribution in [3.8, 4) is 0 Å². The van der Waals surface area contributed by atoms with Crippen molar-refractivity contribution < 1.29 is 14.4 Å². The molecule has 0 bridgehead atoms. The molecular weight excluding hydrogens is 220 g/mol. The van der Waals surface area contributed by atoms with Crippen LogP contribution in [-0.2, 0) is 9.57 Å². The number of carbonyl (C=O) groups is 1. The summed E-state index contributed by atoms with van der Waals surface area (Å²) in [5.41, 5.74) is 6.47. The maximum absolute atomic E-state index is 10.8. The standard InChI is InChI=1S/C12H14N2O3/c1-2-16-12(15)17-14-11(13)9-8-10-6-4-3-5-7-10/h3-9H,2H2,1H3,(H2,13,14)/b9-8+. The number of carbonyl (C=O) groups excluding carboxylic acids is 1. The van der Waals surface area contributed by atoms with E-state index < -0.39 is 6.16 Å². The lowest BCUT2D eigenvalue weighted by atomic mass is 10.2. The highest BCUT2D eigenvalue weighted by atomic mass is 16.8. The fraction of sp³-hybridized carbons (Fsp3) is 0.167. The first kappa shape index (κ1) is 12.8. The number of nitrogens with two attached hydrogens (primary N) is 1. The fourth-order valence-electron chi connectivity index (χ4n) is 1.01. The van der Waals surface area contributed by atoms with E-state index in [-0.39, 0.29) is 12.4 Å². The van der Waals surface area contributed by atoms with Crippen LogP contribution in [0.4, 0.5) is 4.79 Å². The smallest absolute Gasteiger partial charge is 0.433 e. The Morgan fingerprint density at radius 1 is 1.41 bits per heavy atom. The number of hydrogen-bond donors (Lipinski definition) is 1. The number of rotatable bonds is 4. The predicted octanol–water partition coefficient (Wildman–Crippen LogP) is 2.15. The highest BCUT2D eigenvalue weighted by molar-refractivity contribution is 5.94. The highest BCUT2D eigenvalue weighted by Crippen LogP contribution is 2.00. The molecule has 0 spiro atoms. The lowest BCUT2D eigenvalue weighted by Gasteiger charge is -1.97. The molecule has 1 aromatic rings. The number of amidine groups is 1. The van der Waals surface area contributed by atoms with Gasteiger partial charge in [-0.2, -0.15) is 0 Å². The lowest BCUT2D eigenvalue weighted by molar-refractivity contribution is 0.0613. The molecule has 0 atom stereocenters. The number of ether oxygens (including phenoxy) is 1. The third-order valence-electron chi connectivity index (χ3n) is 1.73. The molecule has 5 nitrogen and oxygen atoms in total. The van der Waals surface area contributed by atoms with Crippen LogP contribution in [0, 0.1) is 0 Å². The average Bonchev–Trinajstić information content (AvgIpc) is 2.35. The van der Waals surface area contributed by atoms with Crippen LogP contribution in [0.1, 0.15) is 12.5 Å². The minimum absolute atomic E-state index is 0.0851. The SMILES string of the molecule is CCOC(=O)O/N=C(N)/C=C/c1ccccc1. The van der Waals surface area contributed by atoms with Crippen LogP contribution in [-0.4, -0.2) is 18.6 Å². The first-order valence-electron chi connectivity index (χ1n) is 5.12. The molecule has 5 heteroatoms. The summed E-state index contributed by atoms with van der Waals surface area (Å²) >= 11 is 0. The molecule has 0 radical (unpaired) electrons. The minimum atomic E-state index is -0.872. The molecule has 0 saturated carbocycles. The predicted molar refractivity (Wildman–Crippen MR) is 65.2 cm³/mol. The molecule has 0 aliphatic carbocycles. The summed E-state index contributed by atoms with van der Waals surface area (Å²) < 4.78 is 4.51. The van der Waals surface area contributed by atoms with Crippen molar-refractivity contribution >= 4 is 18.1 Å². The second kappa shape index (κ2) is 7.05. The van der Waals surface area contributed by atoms with Crippen molar-refractivity contribution in [2.75, 3.05) is 6.61 Å². The topological polar surface area (TPSA) is 73.9 Å². The Kier molecular flexibility index (Phi) is 5.30. The summed E-state index contributed by atoms with van der Waals surface area (Å²) in [6.45, 7) is 1.90. The van der Waals surface area contributed by atoms with Gasteiger partial charge >= 0.3 is 6.16 Å². The van der Waals surface area contributed by atoms with E-state index in [4.69, 9.17) is 5.73 Å². The van der Waals surface area contributed by atoms with Gasteiger partial charge in [0.25, 0.3) is 0 Å². The van der Waals surface area contributed by atoms with Gasteiger partial charge in [0.05, 0.1) is 6.61 Å². The van der Waals surface area contributed by atoms with E-state index in [0.717, 1.165) is 5.56 Å². The van der Waals surface area contributed by atoms with Crippen LogP contribution in [0.15, 0.2) is 41.6 Å². The van der Waals surface area contributed by atoms with Crippen LogP contribution in [0.2, 0.25) is 0 Å². The Hall–Kier alpha value is -2.30. The van der Waals surface area contributed by atoms with Gasteiger partial charge in [0.2, 0.25) is 0 Å². The first-order valence-corrected chi connectivity index (χ1v) is 5.12. The number of nitrogens with zero attached hydrogens (tertiary/aromatic N) is 1. The van der Waals surface area contributed by atoms with Crippen molar-refractivity contribution in [2.24, 2.45) is 10.9 Å². The Balaban J connectivity index is 2.48. The van der Waals surface area contributed by atoms with E-state index in [1.807, 2.05) is 30.3 Å². The molecular formula is C12H14N2O3. The molecule has 2 N–H and O–H groups in total. The number of hydrogen-bond acceptors (Lipinski definition) is 4. The van der Waals surface area contributed by atoms with E-state index >= 15 is 0 Å². The van der Waals surface area contributed by atoms with Crippen LogP contribution in [0.5, 0.6) is 0 Å². The maximum atomic E-state index is 10.8. The molecule has 1 rings (SSSR count). The van der Waals surface area contributed by atoms with Gasteiger partial charge in [-0.15, -0.1) is 0 Å². The average molecular weight is 234 g/mol. The van der Waals surface area contributed by atoms with Crippen molar-refractivity contribution in [2.45, 2.75) is 6.92 Å². The van der Waals surface area contributed by atoms with Gasteiger partial charge in [-0.05, 0) is 18.6 Å². The van der Waals surface area contributed by atoms with Gasteiger partial charge in [-0.3, -0.25) is 4.84 Å². The van der Waals surface area contributed by atoms with E-state index in [0.29, 0.717) is 0 Å². The van der Waals surface area contributed by atoms with Gasteiger partial charge in [0.1, 0.15) is 0 Å². The molecule has 1 aromatic carbocycles. The van der Waals surface area contributed by atoms with E-state index in [9.17, 15) is 4.79 Å². The van der Waals surface area contributed by atoms with Gasteiger partial charge in [0, 0.05) is 0 Å². The summed E-state index contributed by atoms with van der Waals surface area (Å²) in [4.78, 5) is 15.2. The Morgan fingerprint density at radius 2 is 2.12 bits per heavy atom. The molecule has 90 valence electrons. The number of benzene rings is 1. The third kappa shape index (κ3) is 5.36. The molecule has 0 saturated heterocycles. The summed E-state index contributed by atoms with van der Waals surface area (Å²) in [6.07, 6.45) is 2.42. The second-order valence-electron chi connectivity index (χ2n) is 3.03. The molecule has 0 amide bonds. The zero-order chi connectivity index (χ0) is 12.5. The monoisotopic (exact) mass is 234 g/mol. The van der Waals surface area contributed by atoms with Crippen LogP contribution < -0.4 is 5.73 Å². The molecule has 0 fully saturated rings. The van der Waals surface area contributed by atoms with Gasteiger partial charge in [0.15, 0.2) is 5.84 Å². The summed E-state index contributed by atoms with van der Waals surface area (Å²) in [5.74, 6) is 0.0851. The van der Waals surface area contributed by atoms with Crippen LogP contribution >= 0.6 is 0 Å². The maximum Gasteiger partial charge on any atom is 0.535 e. The Bertz CT molecular complexity index is 413. The van der Waals surface area contributed by atoms with Crippen LogP contribution in [0.25, 0.3) is 6.08 Å². The second-order valence-corrected chi connectivity index (χ2v) is 3.03. The van der Waals surface area contributed by atoms with Gasteiger partial charge < -0.3 is 10.5 Å². The summed E-state index contributed by atoms with van der Waals surface area (Å²) in [5, 5.41) is 3.39. The third-order valence-corrected chi connectivity index (χ3v) is 1.73. The zero-order valence-electron chi connectivity index (χ0n) is 9.50. The number of oxime groups is 1. The summed E-state index contributed by atoms with van der Waals surface area (Å²) in [7, 11) is 0. The Morgan fingerprint density at radius 3 is 2.76 bits per heavy atom. The Labute approximate surface area is 99.5 Å². The first-order chi connectivity index (χ1) is 8.22. The van der Waals surface area contributed by atoms with Crippen molar-refractivity contribution in [3.05, 3.63) is 42.0 Å². The lowest BCUT2D eigenvalue weighted by Crippen LogP contribution is -2.11. The molecule has 0 aliphatic rings. The van der Waals surface area contributed by atoms with Gasteiger partial charge in [-0.25, -0.2) is 4.79 Å². The zero-order valence-corrected chi connectivity index (χ0v) is 9.50. The molecule has 17 heavy (non-hydrogen) atoms. The largest absolute Gasteiger partial charge is 0.535 e. The minimum Gasteiger partial charge on any atom is -0.433 e. The van der Waals surface area contributed by atoms with Crippen LogP contribution in [0.3, 0.4) is 0 Å². The van der Waals surface area contributed by atoms with E-state index in [1.54, 1.807) is 13.0 Å². The van der Waals surface area contributed by atoms with E-state index in [2.05, 4.69) is 14.7 Å². The van der Waals surface area contributed by atoms with Crippen molar-refractivity contribution in [1.29, 1.82) is 0 Å². The molecule has 0 unspecified atom stereocenters. The molecule has 0 aliphatic heterocycles. The van der Waals surface area contributed by atoms with Gasteiger partial charge in [-0.1, -0.05) is 41.6 Å². The fourth-order valence-corrected chi connectivity index (χ4v) is 1.01. The summed E-state index contributed by atoms with van der Waals surface area (Å²) in [6, 6.07) is 9.55.